The van der Waals surface area contributed by atoms with E-state index in [1.54, 1.807) is 6.08 Å². The number of rotatable bonds is 57. The molecule has 3 N–H and O–H groups in total. The molecule has 0 aliphatic rings. The van der Waals surface area contributed by atoms with E-state index >= 15 is 0 Å². The fourth-order valence-electron chi connectivity index (χ4n) is 9.15. The van der Waals surface area contributed by atoms with Crippen LogP contribution in [-0.2, 0) is 18.4 Å². The van der Waals surface area contributed by atoms with Crippen LogP contribution in [-0.4, -0.2) is 73.4 Å². The number of phosphoric acid groups is 1. The second-order valence-electron chi connectivity index (χ2n) is 22.4. The molecule has 72 heavy (non-hydrogen) atoms. The number of phosphoric ester groups is 1. The number of carbonyl (C=O) groups excluding carboxylic acids is 1. The van der Waals surface area contributed by atoms with Crippen molar-refractivity contribution in [3.63, 3.8) is 0 Å². The van der Waals surface area contributed by atoms with Crippen molar-refractivity contribution in [3.05, 3.63) is 48.6 Å². The fourth-order valence-corrected chi connectivity index (χ4v) is 9.89. The first-order valence-corrected chi connectivity index (χ1v) is 32.5. The van der Waals surface area contributed by atoms with Crippen molar-refractivity contribution >= 4 is 13.7 Å². The predicted molar refractivity (Wildman–Crippen MR) is 314 cm³/mol. The summed E-state index contributed by atoms with van der Waals surface area (Å²) < 4.78 is 23.7. The maximum absolute atomic E-state index is 13.0. The first-order valence-electron chi connectivity index (χ1n) is 31.0. The standard InChI is InChI=1S/C63H121N2O6P/c1-6-8-10-12-14-16-18-20-22-24-25-26-27-28-29-30-31-32-33-34-35-36-37-38-39-41-43-45-47-49-51-53-55-57-63(67)64-61(60-71-72(68,69)70-59-58-65(3,4)5)62(66)56-54-52-50-48-46-44-42-40-23-21-19-17-15-13-11-9-7-2/h25-26,28-29,46,48,54,56,61-62,66H,6-24,27,30-45,47,49-53,55,57-60H2,1-5H3,(H-,64,67,68,69)/p+1/b26-25-,29-28-,48-46+,56-54+. The van der Waals surface area contributed by atoms with Crippen LogP contribution in [0.15, 0.2) is 48.6 Å². The molecule has 0 saturated heterocycles. The summed E-state index contributed by atoms with van der Waals surface area (Å²) >= 11 is 0. The topological polar surface area (TPSA) is 105 Å². The van der Waals surface area contributed by atoms with Gasteiger partial charge in [-0.05, 0) is 64.2 Å². The molecule has 0 aromatic heterocycles. The van der Waals surface area contributed by atoms with Crippen LogP contribution >= 0.6 is 7.82 Å². The average Bonchev–Trinajstić information content (AvgIpc) is 3.34. The molecule has 0 bridgehead atoms. The van der Waals surface area contributed by atoms with E-state index in [9.17, 15) is 19.4 Å². The Morgan fingerprint density at radius 3 is 1.19 bits per heavy atom. The highest BCUT2D eigenvalue weighted by Crippen LogP contribution is 2.43. The number of quaternary nitrogens is 1. The first-order chi connectivity index (χ1) is 35.0. The molecule has 9 heteroatoms. The van der Waals surface area contributed by atoms with E-state index in [1.807, 2.05) is 27.2 Å². The van der Waals surface area contributed by atoms with Gasteiger partial charge in [-0.15, -0.1) is 0 Å². The third kappa shape index (κ3) is 56.2. The van der Waals surface area contributed by atoms with Crippen LogP contribution in [0.25, 0.3) is 0 Å². The third-order valence-electron chi connectivity index (χ3n) is 14.0. The normalized spacial score (nSPS) is 14.2. The average molecular weight is 1030 g/mol. The van der Waals surface area contributed by atoms with Crippen molar-refractivity contribution in [3.8, 4) is 0 Å². The number of aliphatic hydroxyl groups is 1. The minimum atomic E-state index is -4.35. The molecule has 3 unspecified atom stereocenters. The van der Waals surface area contributed by atoms with Gasteiger partial charge in [-0.3, -0.25) is 13.8 Å². The van der Waals surface area contributed by atoms with E-state index < -0.39 is 20.0 Å². The van der Waals surface area contributed by atoms with Gasteiger partial charge in [0.05, 0.1) is 39.9 Å². The maximum Gasteiger partial charge on any atom is 0.472 e. The summed E-state index contributed by atoms with van der Waals surface area (Å²) in [7, 11) is 1.56. The summed E-state index contributed by atoms with van der Waals surface area (Å²) in [6, 6.07) is -0.863. The van der Waals surface area contributed by atoms with Gasteiger partial charge in [-0.2, -0.15) is 0 Å². The lowest BCUT2D eigenvalue weighted by Crippen LogP contribution is -2.45. The minimum Gasteiger partial charge on any atom is -0.387 e. The highest BCUT2D eigenvalue weighted by Gasteiger charge is 2.27. The van der Waals surface area contributed by atoms with Crippen molar-refractivity contribution in [2.24, 2.45) is 0 Å². The lowest BCUT2D eigenvalue weighted by Gasteiger charge is -2.25. The highest BCUT2D eigenvalue weighted by atomic mass is 31.2. The number of amides is 1. The number of unbranched alkanes of at least 4 members (excludes halogenated alkanes) is 38. The van der Waals surface area contributed by atoms with Gasteiger partial charge in [0.1, 0.15) is 13.2 Å². The van der Waals surface area contributed by atoms with Gasteiger partial charge < -0.3 is 19.8 Å². The number of allylic oxidation sites excluding steroid dienone is 7. The Morgan fingerprint density at radius 1 is 0.472 bits per heavy atom. The summed E-state index contributed by atoms with van der Waals surface area (Å²) in [4.78, 5) is 23.3. The predicted octanol–water partition coefficient (Wildman–Crippen LogP) is 19.1. The second-order valence-corrected chi connectivity index (χ2v) is 23.9. The molecule has 0 aliphatic carbocycles. The van der Waals surface area contributed by atoms with Crippen LogP contribution in [0.5, 0.6) is 0 Å². The van der Waals surface area contributed by atoms with Crippen molar-refractivity contribution < 1.29 is 32.9 Å². The number of nitrogens with one attached hydrogen (secondary N) is 1. The molecule has 0 aromatic rings. The van der Waals surface area contributed by atoms with Crippen LogP contribution in [0.1, 0.15) is 296 Å². The van der Waals surface area contributed by atoms with Gasteiger partial charge in [0.15, 0.2) is 0 Å². The van der Waals surface area contributed by atoms with Gasteiger partial charge in [-0.1, -0.05) is 274 Å². The van der Waals surface area contributed by atoms with Crippen LogP contribution in [0, 0.1) is 0 Å². The van der Waals surface area contributed by atoms with Crippen molar-refractivity contribution in [1.82, 2.24) is 5.32 Å². The van der Waals surface area contributed by atoms with E-state index in [-0.39, 0.29) is 19.1 Å². The molecular formula is C63H122N2O6P+. The Kier molecular flexibility index (Phi) is 53.1. The summed E-state index contributed by atoms with van der Waals surface area (Å²) in [6.07, 6.45) is 72.4. The number of hydrogen-bond donors (Lipinski definition) is 3. The zero-order valence-corrected chi connectivity index (χ0v) is 49.3. The van der Waals surface area contributed by atoms with Gasteiger partial charge in [-0.25, -0.2) is 4.57 Å². The number of likely N-dealkylation sites (N-methyl/N-ethyl adjacent to an activating group) is 1. The highest BCUT2D eigenvalue weighted by molar-refractivity contribution is 7.47. The molecule has 0 radical (unpaired) electrons. The van der Waals surface area contributed by atoms with Crippen LogP contribution < -0.4 is 5.32 Å². The molecular weight excluding hydrogens is 912 g/mol. The Balaban J connectivity index is 4.07. The molecule has 0 spiro atoms. The van der Waals surface area contributed by atoms with E-state index in [0.29, 0.717) is 17.4 Å². The van der Waals surface area contributed by atoms with E-state index in [1.165, 1.54) is 231 Å². The second kappa shape index (κ2) is 54.3. The quantitative estimate of drug-likeness (QED) is 0.0243. The fraction of sp³-hybridized carbons (Fsp3) is 0.857. The smallest absolute Gasteiger partial charge is 0.387 e. The summed E-state index contributed by atoms with van der Waals surface area (Å²) in [6.45, 7) is 4.82. The van der Waals surface area contributed by atoms with Crippen molar-refractivity contribution in [2.75, 3.05) is 40.9 Å². The summed E-state index contributed by atoms with van der Waals surface area (Å²) in [5, 5.41) is 13.9. The number of hydrogen-bond acceptors (Lipinski definition) is 5. The molecule has 0 heterocycles. The molecule has 0 saturated carbocycles. The van der Waals surface area contributed by atoms with Gasteiger partial charge in [0.25, 0.3) is 0 Å². The number of aliphatic hydroxyl groups excluding tert-OH is 1. The molecule has 424 valence electrons. The Labute approximate surface area is 448 Å². The lowest BCUT2D eigenvalue weighted by molar-refractivity contribution is -0.870. The molecule has 0 aromatic carbocycles. The van der Waals surface area contributed by atoms with E-state index in [0.717, 1.165) is 44.9 Å². The van der Waals surface area contributed by atoms with E-state index in [2.05, 4.69) is 55.6 Å². The van der Waals surface area contributed by atoms with Crippen LogP contribution in [0.4, 0.5) is 0 Å². The van der Waals surface area contributed by atoms with Crippen LogP contribution in [0.2, 0.25) is 0 Å². The van der Waals surface area contributed by atoms with Gasteiger partial charge >= 0.3 is 7.82 Å². The SMILES string of the molecule is CCCCCCCCCCC/C=C\C/C=C\CCCCCCCCCCCCCCCCCCCC(=O)NC(COP(=O)(O)OCC[N+](C)(C)C)C(O)/C=C/CC/C=C/CCCCCCCCCCCCC. The zero-order valence-electron chi connectivity index (χ0n) is 48.4. The summed E-state index contributed by atoms with van der Waals surface area (Å²) in [5.41, 5.74) is 0. The molecule has 3 atom stereocenters. The number of carbonyl (C=O) groups is 1. The Morgan fingerprint density at radius 2 is 0.806 bits per heavy atom. The summed E-state index contributed by atoms with van der Waals surface area (Å²) in [5.74, 6) is -0.184. The van der Waals surface area contributed by atoms with Gasteiger partial charge in [0.2, 0.25) is 5.91 Å². The first kappa shape index (κ1) is 70.5. The minimum absolute atomic E-state index is 0.0565. The van der Waals surface area contributed by atoms with Crippen LogP contribution in [0.3, 0.4) is 0 Å². The molecule has 1 amide bonds. The molecule has 0 aliphatic heterocycles. The lowest BCUT2D eigenvalue weighted by atomic mass is 10.0. The van der Waals surface area contributed by atoms with E-state index in [4.69, 9.17) is 9.05 Å². The van der Waals surface area contributed by atoms with Crippen molar-refractivity contribution in [1.29, 1.82) is 0 Å². The largest absolute Gasteiger partial charge is 0.472 e. The van der Waals surface area contributed by atoms with Gasteiger partial charge in [0, 0.05) is 6.42 Å². The molecule has 0 fully saturated rings. The Hall–Kier alpha value is -1.54. The monoisotopic (exact) mass is 1030 g/mol. The van der Waals surface area contributed by atoms with Crippen molar-refractivity contribution in [2.45, 2.75) is 309 Å². The Bertz CT molecular complexity index is 1310. The third-order valence-corrected chi connectivity index (χ3v) is 15.0. The molecule has 0 rings (SSSR count). The zero-order chi connectivity index (χ0) is 52.7. The number of nitrogens with zero attached hydrogens (tertiary/aromatic N) is 1. The maximum atomic E-state index is 13.0. The molecule has 8 nitrogen and oxygen atoms in total.